The molecule has 2 N–H and O–H groups in total. The molecule has 0 heterocycles. The predicted molar refractivity (Wildman–Crippen MR) is 60.8 cm³/mol. The number of fused-ring (bicyclic) bond motifs is 1. The normalized spacial score (nSPS) is 14.6. The first-order valence-electron chi connectivity index (χ1n) is 4.68. The summed E-state index contributed by atoms with van der Waals surface area (Å²) in [6.45, 7) is 1.84. The van der Waals surface area contributed by atoms with Gasteiger partial charge in [-0.1, -0.05) is 30.3 Å². The van der Waals surface area contributed by atoms with Crippen molar-refractivity contribution < 1.29 is 13.3 Å². The first-order chi connectivity index (χ1) is 7.26. The number of aryl methyl sites for hydroxylation is 1. The van der Waals surface area contributed by atoms with E-state index in [1.807, 2.05) is 13.0 Å². The Kier molecular flexibility index (Phi) is 2.18. The Bertz CT molecular complexity index is 619. The molecule has 0 unspecified atom stereocenters. The van der Waals surface area contributed by atoms with Crippen LogP contribution in [0.5, 0.6) is 0 Å². The number of hydrogen-bond acceptors (Lipinski definition) is 3. The van der Waals surface area contributed by atoms with Crippen molar-refractivity contribution in [1.29, 1.82) is 0 Å². The standard InChI is InChI=1S/C11H13NO3S/c1-8-4-2-6-10-9(8)5-3-7-11(10)16(12,13,14)15/h2-7H,1H3,(H4,12,13,14,15)/p-2. The lowest BCUT2D eigenvalue weighted by atomic mass is 10.1. The van der Waals surface area contributed by atoms with Gasteiger partial charge in [0.25, 0.3) is 0 Å². The molecule has 0 radical (unpaired) electrons. The van der Waals surface area contributed by atoms with Crippen molar-refractivity contribution in [2.24, 2.45) is 5.14 Å². The third-order valence-electron chi connectivity index (χ3n) is 2.50. The average molecular weight is 237 g/mol. The van der Waals surface area contributed by atoms with E-state index in [1.165, 1.54) is 12.1 Å². The number of hydrogen-bond donors (Lipinski definition) is 1. The Hall–Kier alpha value is -1.27. The molecule has 0 saturated carbocycles. The minimum absolute atomic E-state index is 0.363. The Balaban J connectivity index is 2.94. The van der Waals surface area contributed by atoms with E-state index in [9.17, 15) is 13.3 Å². The van der Waals surface area contributed by atoms with Gasteiger partial charge in [0.2, 0.25) is 0 Å². The first-order valence-corrected chi connectivity index (χ1v) is 6.56. The van der Waals surface area contributed by atoms with E-state index >= 15 is 0 Å². The maximum absolute atomic E-state index is 11.4. The second-order valence-corrected chi connectivity index (χ2v) is 5.95. The highest BCUT2D eigenvalue weighted by Gasteiger charge is 2.11. The number of benzene rings is 2. The molecular weight excluding hydrogens is 226 g/mol. The zero-order valence-electron chi connectivity index (χ0n) is 8.67. The van der Waals surface area contributed by atoms with Crippen LogP contribution in [0.1, 0.15) is 5.56 Å². The highest BCUT2D eigenvalue weighted by atomic mass is 32.3. The second kappa shape index (κ2) is 3.11. The number of sulfonamides is 3. The number of nitrogens with two attached hydrogens (primary N) is 1. The van der Waals surface area contributed by atoms with Crippen LogP contribution in [0.15, 0.2) is 41.3 Å². The molecule has 0 fully saturated rings. The van der Waals surface area contributed by atoms with Crippen molar-refractivity contribution in [2.45, 2.75) is 11.8 Å². The van der Waals surface area contributed by atoms with Crippen molar-refractivity contribution in [1.82, 2.24) is 0 Å². The van der Waals surface area contributed by atoms with E-state index in [4.69, 9.17) is 5.14 Å². The smallest absolute Gasteiger partial charge is 0.0127 e. The van der Waals surface area contributed by atoms with Crippen LogP contribution in [0.2, 0.25) is 0 Å². The predicted octanol–water partition coefficient (Wildman–Crippen LogP) is 1.46. The van der Waals surface area contributed by atoms with Crippen LogP contribution in [0.4, 0.5) is 0 Å². The van der Waals surface area contributed by atoms with Gasteiger partial charge < -0.3 is 9.11 Å². The second-order valence-electron chi connectivity index (χ2n) is 3.79. The van der Waals surface area contributed by atoms with Crippen molar-refractivity contribution in [3.63, 3.8) is 0 Å². The topological polar surface area (TPSA) is 89.2 Å². The summed E-state index contributed by atoms with van der Waals surface area (Å²) in [7, 11) is -5.69. The molecule has 2 aromatic carbocycles. The van der Waals surface area contributed by atoms with Gasteiger partial charge in [0.1, 0.15) is 0 Å². The lowest BCUT2D eigenvalue weighted by Crippen LogP contribution is -2.42. The van der Waals surface area contributed by atoms with Gasteiger partial charge in [-0.15, -0.1) is 9.81 Å². The van der Waals surface area contributed by atoms with Gasteiger partial charge in [0, 0.05) is 4.90 Å². The van der Waals surface area contributed by atoms with Gasteiger partial charge >= 0.3 is 0 Å². The lowest BCUT2D eigenvalue weighted by molar-refractivity contribution is 0.360. The van der Waals surface area contributed by atoms with Gasteiger partial charge in [-0.05, 0) is 29.3 Å². The van der Waals surface area contributed by atoms with Crippen LogP contribution in [-0.4, -0.2) is 13.3 Å². The highest BCUT2D eigenvalue weighted by molar-refractivity contribution is 8.08. The van der Waals surface area contributed by atoms with Crippen LogP contribution in [0.25, 0.3) is 10.8 Å². The van der Waals surface area contributed by atoms with E-state index < -0.39 is 9.81 Å². The number of rotatable bonds is 1. The Morgan fingerprint density at radius 2 is 1.62 bits per heavy atom. The lowest BCUT2D eigenvalue weighted by Gasteiger charge is -2.52. The Morgan fingerprint density at radius 1 is 1.06 bits per heavy atom. The molecule has 16 heavy (non-hydrogen) atoms. The van der Waals surface area contributed by atoms with Gasteiger partial charge in [-0.2, -0.15) is 0 Å². The molecular formula is C11H11NO3S-2. The van der Waals surface area contributed by atoms with Gasteiger partial charge in [0.05, 0.1) is 0 Å². The van der Waals surface area contributed by atoms with Crippen molar-refractivity contribution >= 4 is 20.6 Å². The molecule has 2 rings (SSSR count). The molecule has 0 amide bonds. The van der Waals surface area contributed by atoms with Crippen molar-refractivity contribution in [3.8, 4) is 0 Å². The number of primary sulfonamides is 3. The third-order valence-corrected chi connectivity index (χ3v) is 3.64. The summed E-state index contributed by atoms with van der Waals surface area (Å²) in [5.41, 5.74) is 0.899. The third kappa shape index (κ3) is 1.85. The fraction of sp³-hybridized carbons (Fsp3) is 0.0909. The van der Waals surface area contributed by atoms with Crippen molar-refractivity contribution in [2.75, 3.05) is 0 Å². The molecule has 4 nitrogen and oxygen atoms in total. The molecule has 86 valence electrons. The Labute approximate surface area is 93.3 Å². The highest BCUT2D eigenvalue weighted by Crippen LogP contribution is 2.31. The summed E-state index contributed by atoms with van der Waals surface area (Å²) < 4.78 is 34.1. The SMILES string of the molecule is Cc1cccc2c(S(N)(=O)([O-])[O-])cccc12. The molecule has 0 bridgehead atoms. The fourth-order valence-electron chi connectivity index (χ4n) is 1.76. The van der Waals surface area contributed by atoms with Crippen LogP contribution in [0.3, 0.4) is 0 Å². The van der Waals surface area contributed by atoms with E-state index in [0.29, 0.717) is 5.39 Å². The van der Waals surface area contributed by atoms with E-state index in [0.717, 1.165) is 10.9 Å². The molecule has 2 aromatic rings. The summed E-state index contributed by atoms with van der Waals surface area (Å²) in [6.07, 6.45) is 0. The van der Waals surface area contributed by atoms with Crippen LogP contribution in [-0.2, 0) is 9.81 Å². The molecule has 0 aliphatic rings. The average Bonchev–Trinajstić information content (AvgIpc) is 2.15. The van der Waals surface area contributed by atoms with Gasteiger partial charge in [0.15, 0.2) is 0 Å². The molecule has 0 aliphatic carbocycles. The first kappa shape index (κ1) is 11.2. The van der Waals surface area contributed by atoms with E-state index in [2.05, 4.69) is 0 Å². The maximum Gasteiger partial charge on any atom is 0.0127 e. The summed E-state index contributed by atoms with van der Waals surface area (Å²) in [5, 5.41) is 5.94. The molecule has 0 atom stereocenters. The molecule has 0 aliphatic heterocycles. The maximum atomic E-state index is 11.4. The minimum Gasteiger partial charge on any atom is -0.785 e. The molecule has 0 aromatic heterocycles. The van der Waals surface area contributed by atoms with E-state index in [1.54, 1.807) is 18.2 Å². The summed E-state index contributed by atoms with van der Waals surface area (Å²) in [5.74, 6) is 0. The van der Waals surface area contributed by atoms with Crippen molar-refractivity contribution in [3.05, 3.63) is 42.0 Å². The quantitative estimate of drug-likeness (QED) is 0.814. The van der Waals surface area contributed by atoms with E-state index in [-0.39, 0.29) is 4.90 Å². The molecule has 5 heteroatoms. The molecule has 0 saturated heterocycles. The zero-order valence-corrected chi connectivity index (χ0v) is 9.49. The van der Waals surface area contributed by atoms with Crippen LogP contribution in [0, 0.1) is 6.92 Å². The summed E-state index contributed by atoms with van der Waals surface area (Å²) >= 11 is 0. The van der Waals surface area contributed by atoms with Gasteiger partial charge in [-0.3, -0.25) is 9.35 Å². The summed E-state index contributed by atoms with van der Waals surface area (Å²) in [6, 6.07) is 9.62. The Morgan fingerprint density at radius 3 is 2.25 bits per heavy atom. The fourth-order valence-corrected chi connectivity index (χ4v) is 2.66. The van der Waals surface area contributed by atoms with Crippen LogP contribution >= 0.6 is 0 Å². The largest absolute Gasteiger partial charge is 0.785 e. The van der Waals surface area contributed by atoms with Crippen LogP contribution < -0.4 is 5.14 Å². The molecule has 0 spiro atoms. The zero-order chi connectivity index (χ0) is 12.0. The summed E-state index contributed by atoms with van der Waals surface area (Å²) in [4.78, 5) is -0.363. The monoisotopic (exact) mass is 237 g/mol. The minimum atomic E-state index is -5.69. The van der Waals surface area contributed by atoms with Gasteiger partial charge in [-0.25, -0.2) is 0 Å².